The van der Waals surface area contributed by atoms with Crippen LogP contribution in [0.15, 0.2) is 18.2 Å². The van der Waals surface area contributed by atoms with E-state index in [9.17, 15) is 4.79 Å². The Balaban J connectivity index is 2.26. The molecular formula is C15H21NO2. The molecule has 0 N–H and O–H groups in total. The van der Waals surface area contributed by atoms with E-state index in [1.165, 1.54) is 11.1 Å². The summed E-state index contributed by atoms with van der Waals surface area (Å²) in [7, 11) is 1.68. The van der Waals surface area contributed by atoms with Crippen LogP contribution in [0.3, 0.4) is 0 Å². The van der Waals surface area contributed by atoms with Gasteiger partial charge in [-0.15, -0.1) is 0 Å². The first kappa shape index (κ1) is 12.9. The fraction of sp³-hybridized carbons (Fsp3) is 0.533. The Hall–Kier alpha value is -1.51. The van der Waals surface area contributed by atoms with Gasteiger partial charge in [-0.3, -0.25) is 4.79 Å². The Morgan fingerprint density at radius 2 is 2.28 bits per heavy atom. The Kier molecular flexibility index (Phi) is 3.90. The zero-order valence-electron chi connectivity index (χ0n) is 11.4. The highest BCUT2D eigenvalue weighted by molar-refractivity contribution is 5.77. The van der Waals surface area contributed by atoms with E-state index in [2.05, 4.69) is 19.1 Å². The molecule has 1 aromatic rings. The second-order valence-corrected chi connectivity index (χ2v) is 4.83. The molecule has 1 heterocycles. The monoisotopic (exact) mass is 247 g/mol. The zero-order chi connectivity index (χ0) is 13.1. The van der Waals surface area contributed by atoms with Crippen LogP contribution in [0.4, 0.5) is 0 Å². The van der Waals surface area contributed by atoms with Crippen LogP contribution in [0.25, 0.3) is 0 Å². The van der Waals surface area contributed by atoms with Gasteiger partial charge in [0.2, 0.25) is 5.91 Å². The van der Waals surface area contributed by atoms with Crippen molar-refractivity contribution >= 4 is 5.91 Å². The molecule has 1 aromatic carbocycles. The van der Waals surface area contributed by atoms with Crippen LogP contribution in [0.1, 0.15) is 43.9 Å². The number of fused-ring (bicyclic) bond motifs is 1. The number of amides is 1. The standard InChI is InChI=1S/C15H21NO2/c1-4-5-15(17)16-9-8-12-6-7-13(18-3)10-14(12)11(16)2/h6-7,10-11H,4-5,8-9H2,1-3H3. The third kappa shape index (κ3) is 2.35. The Labute approximate surface area is 109 Å². The summed E-state index contributed by atoms with van der Waals surface area (Å²) in [5.41, 5.74) is 2.56. The lowest BCUT2D eigenvalue weighted by molar-refractivity contribution is -0.133. The lowest BCUT2D eigenvalue weighted by Gasteiger charge is -2.35. The first-order valence-electron chi connectivity index (χ1n) is 6.63. The first-order valence-corrected chi connectivity index (χ1v) is 6.63. The Morgan fingerprint density at radius 3 is 2.94 bits per heavy atom. The van der Waals surface area contributed by atoms with Gasteiger partial charge in [0.05, 0.1) is 13.2 Å². The van der Waals surface area contributed by atoms with Crippen molar-refractivity contribution in [1.29, 1.82) is 0 Å². The van der Waals surface area contributed by atoms with Crippen LogP contribution in [0.2, 0.25) is 0 Å². The number of rotatable bonds is 3. The van der Waals surface area contributed by atoms with Crippen molar-refractivity contribution in [2.45, 2.75) is 39.2 Å². The zero-order valence-corrected chi connectivity index (χ0v) is 11.4. The molecule has 0 spiro atoms. The number of ether oxygens (including phenoxy) is 1. The van der Waals surface area contributed by atoms with E-state index < -0.39 is 0 Å². The summed E-state index contributed by atoms with van der Waals surface area (Å²) in [6.45, 7) is 4.98. The number of benzene rings is 1. The van der Waals surface area contributed by atoms with Crippen molar-refractivity contribution in [2.75, 3.05) is 13.7 Å². The van der Waals surface area contributed by atoms with Crippen LogP contribution in [0, 0.1) is 0 Å². The van der Waals surface area contributed by atoms with Crippen molar-refractivity contribution in [3.05, 3.63) is 29.3 Å². The number of carbonyl (C=O) groups is 1. The van der Waals surface area contributed by atoms with Gasteiger partial charge in [-0.25, -0.2) is 0 Å². The highest BCUT2D eigenvalue weighted by Gasteiger charge is 2.27. The van der Waals surface area contributed by atoms with Gasteiger partial charge in [0.15, 0.2) is 0 Å². The smallest absolute Gasteiger partial charge is 0.223 e. The molecule has 1 atom stereocenters. The Morgan fingerprint density at radius 1 is 1.50 bits per heavy atom. The molecule has 1 unspecified atom stereocenters. The average Bonchev–Trinajstić information content (AvgIpc) is 2.39. The molecule has 1 aliphatic heterocycles. The van der Waals surface area contributed by atoms with Gasteiger partial charge < -0.3 is 9.64 Å². The largest absolute Gasteiger partial charge is 0.497 e. The van der Waals surface area contributed by atoms with E-state index in [-0.39, 0.29) is 11.9 Å². The van der Waals surface area contributed by atoms with Crippen LogP contribution in [0.5, 0.6) is 5.75 Å². The summed E-state index contributed by atoms with van der Waals surface area (Å²) >= 11 is 0. The number of carbonyl (C=O) groups excluding carboxylic acids is 1. The molecule has 1 amide bonds. The Bertz CT molecular complexity index is 442. The first-order chi connectivity index (χ1) is 8.67. The van der Waals surface area contributed by atoms with Gasteiger partial charge >= 0.3 is 0 Å². The molecule has 0 radical (unpaired) electrons. The molecule has 98 valence electrons. The van der Waals surface area contributed by atoms with Gasteiger partial charge in [0, 0.05) is 13.0 Å². The van der Waals surface area contributed by atoms with E-state index in [0.29, 0.717) is 6.42 Å². The second-order valence-electron chi connectivity index (χ2n) is 4.83. The molecule has 0 aliphatic carbocycles. The van der Waals surface area contributed by atoms with Crippen LogP contribution < -0.4 is 4.74 Å². The molecule has 2 rings (SSSR count). The van der Waals surface area contributed by atoms with Crippen LogP contribution in [-0.2, 0) is 11.2 Å². The van der Waals surface area contributed by atoms with Crippen molar-refractivity contribution in [3.63, 3.8) is 0 Å². The summed E-state index contributed by atoms with van der Waals surface area (Å²) in [5, 5.41) is 0. The van der Waals surface area contributed by atoms with Gasteiger partial charge in [-0.05, 0) is 43.0 Å². The van der Waals surface area contributed by atoms with Gasteiger partial charge in [-0.1, -0.05) is 13.0 Å². The predicted molar refractivity (Wildman–Crippen MR) is 71.7 cm³/mol. The van der Waals surface area contributed by atoms with E-state index in [0.717, 1.165) is 25.1 Å². The maximum Gasteiger partial charge on any atom is 0.223 e. The minimum atomic E-state index is 0.155. The number of nitrogens with zero attached hydrogens (tertiary/aromatic N) is 1. The summed E-state index contributed by atoms with van der Waals surface area (Å²) < 4.78 is 5.27. The van der Waals surface area contributed by atoms with Crippen molar-refractivity contribution in [1.82, 2.24) is 4.90 Å². The van der Waals surface area contributed by atoms with Crippen LogP contribution in [-0.4, -0.2) is 24.5 Å². The molecular weight excluding hydrogens is 226 g/mol. The molecule has 0 aromatic heterocycles. The molecule has 0 saturated heterocycles. The minimum absolute atomic E-state index is 0.155. The summed E-state index contributed by atoms with van der Waals surface area (Å²) in [6, 6.07) is 6.33. The third-order valence-electron chi connectivity index (χ3n) is 3.68. The van der Waals surface area contributed by atoms with Gasteiger partial charge in [0.25, 0.3) is 0 Å². The quantitative estimate of drug-likeness (QED) is 0.822. The highest BCUT2D eigenvalue weighted by atomic mass is 16.5. The number of hydrogen-bond acceptors (Lipinski definition) is 2. The average molecular weight is 247 g/mol. The van der Waals surface area contributed by atoms with E-state index in [4.69, 9.17) is 4.74 Å². The molecule has 0 saturated carbocycles. The van der Waals surface area contributed by atoms with Crippen LogP contribution >= 0.6 is 0 Å². The molecule has 18 heavy (non-hydrogen) atoms. The SMILES string of the molecule is CCCC(=O)N1CCc2ccc(OC)cc2C1C. The van der Waals surface area contributed by atoms with E-state index in [1.807, 2.05) is 17.9 Å². The molecule has 3 heteroatoms. The minimum Gasteiger partial charge on any atom is -0.497 e. The summed E-state index contributed by atoms with van der Waals surface area (Å²) in [6.07, 6.45) is 2.50. The maximum atomic E-state index is 12.1. The van der Waals surface area contributed by atoms with Gasteiger partial charge in [-0.2, -0.15) is 0 Å². The molecule has 1 aliphatic rings. The number of hydrogen-bond donors (Lipinski definition) is 0. The fourth-order valence-corrected chi connectivity index (χ4v) is 2.62. The topological polar surface area (TPSA) is 29.5 Å². The predicted octanol–water partition coefficient (Wildman–Crippen LogP) is 2.94. The van der Waals surface area contributed by atoms with Crippen molar-refractivity contribution in [3.8, 4) is 5.75 Å². The normalized spacial score (nSPS) is 18.4. The lowest BCUT2D eigenvalue weighted by Crippen LogP contribution is -2.38. The van der Waals surface area contributed by atoms with E-state index in [1.54, 1.807) is 7.11 Å². The summed E-state index contributed by atoms with van der Waals surface area (Å²) in [5.74, 6) is 1.13. The summed E-state index contributed by atoms with van der Waals surface area (Å²) in [4.78, 5) is 14.1. The van der Waals surface area contributed by atoms with Crippen molar-refractivity contribution in [2.24, 2.45) is 0 Å². The third-order valence-corrected chi connectivity index (χ3v) is 3.68. The van der Waals surface area contributed by atoms with E-state index >= 15 is 0 Å². The van der Waals surface area contributed by atoms with Crippen molar-refractivity contribution < 1.29 is 9.53 Å². The lowest BCUT2D eigenvalue weighted by atomic mass is 9.93. The molecule has 0 bridgehead atoms. The fourth-order valence-electron chi connectivity index (χ4n) is 2.62. The molecule has 0 fully saturated rings. The molecule has 3 nitrogen and oxygen atoms in total. The number of methoxy groups -OCH3 is 1. The van der Waals surface area contributed by atoms with Gasteiger partial charge in [0.1, 0.15) is 5.75 Å². The maximum absolute atomic E-state index is 12.1. The highest BCUT2D eigenvalue weighted by Crippen LogP contribution is 2.32. The second kappa shape index (κ2) is 5.42.